The van der Waals surface area contributed by atoms with E-state index in [4.69, 9.17) is 14.2 Å². The number of hydrogen-bond acceptors (Lipinski definition) is 6. The number of esters is 3. The van der Waals surface area contributed by atoms with E-state index in [-0.39, 0.29) is 31.1 Å². The number of unbranched alkanes of at least 4 members (excludes halogenated alkanes) is 31. The van der Waals surface area contributed by atoms with Crippen LogP contribution < -0.4 is 0 Å². The molecule has 404 valence electrons. The quantitative estimate of drug-likeness (QED) is 0.0261. The lowest BCUT2D eigenvalue weighted by Crippen LogP contribution is -2.30. The normalized spacial score (nSPS) is 12.6. The minimum absolute atomic E-state index is 0.0763. The predicted octanol–water partition coefficient (Wildman–Crippen LogP) is 20.2. The van der Waals surface area contributed by atoms with Crippen molar-refractivity contribution in [3.63, 3.8) is 0 Å². The molecule has 0 spiro atoms. The van der Waals surface area contributed by atoms with E-state index in [2.05, 4.69) is 93.7 Å². The van der Waals surface area contributed by atoms with Gasteiger partial charge >= 0.3 is 17.9 Å². The molecule has 0 radical (unpaired) electrons. The first-order valence-corrected chi connectivity index (χ1v) is 29.9. The Morgan fingerprint density at radius 3 is 0.886 bits per heavy atom. The molecule has 6 nitrogen and oxygen atoms in total. The van der Waals surface area contributed by atoms with Crippen molar-refractivity contribution in [1.82, 2.24) is 0 Å². The van der Waals surface area contributed by atoms with Crippen molar-refractivity contribution in [2.24, 2.45) is 0 Å². The van der Waals surface area contributed by atoms with Gasteiger partial charge in [0.15, 0.2) is 6.10 Å². The Morgan fingerprint density at radius 2 is 0.557 bits per heavy atom. The SMILES string of the molecule is CC/C=C\C/C=C\C/C=C\C/C=C\CCCCCCCCCCCCCCCCC(=O)OCC(COC(=O)CCCCCCCCC)OC(=O)CCCCCCCCC/C=C\C/C=C\CCCCCC. The third-order valence-electron chi connectivity index (χ3n) is 12.9. The summed E-state index contributed by atoms with van der Waals surface area (Å²) in [5, 5.41) is 0. The Balaban J connectivity index is 4.13. The van der Waals surface area contributed by atoms with Gasteiger partial charge in [-0.2, -0.15) is 0 Å². The summed E-state index contributed by atoms with van der Waals surface area (Å²) in [6.45, 7) is 6.48. The summed E-state index contributed by atoms with van der Waals surface area (Å²) in [4.78, 5) is 38.0. The van der Waals surface area contributed by atoms with E-state index in [0.717, 1.165) is 96.3 Å². The molecular formula is C64H112O6. The third-order valence-corrected chi connectivity index (χ3v) is 12.9. The molecular weight excluding hydrogens is 865 g/mol. The van der Waals surface area contributed by atoms with Gasteiger partial charge in [-0.3, -0.25) is 14.4 Å². The van der Waals surface area contributed by atoms with E-state index in [1.165, 1.54) is 161 Å². The van der Waals surface area contributed by atoms with Crippen LogP contribution in [-0.2, 0) is 28.6 Å². The molecule has 0 amide bonds. The lowest BCUT2D eigenvalue weighted by atomic mass is 10.0. The topological polar surface area (TPSA) is 78.9 Å². The largest absolute Gasteiger partial charge is 0.462 e. The highest BCUT2D eigenvalue weighted by Crippen LogP contribution is 2.16. The molecule has 0 heterocycles. The van der Waals surface area contributed by atoms with Crippen LogP contribution in [0.3, 0.4) is 0 Å². The van der Waals surface area contributed by atoms with Crippen LogP contribution >= 0.6 is 0 Å². The summed E-state index contributed by atoms with van der Waals surface area (Å²) in [7, 11) is 0. The third kappa shape index (κ3) is 55.8. The van der Waals surface area contributed by atoms with Crippen LogP contribution in [0.25, 0.3) is 0 Å². The van der Waals surface area contributed by atoms with Crippen molar-refractivity contribution in [2.75, 3.05) is 13.2 Å². The number of allylic oxidation sites excluding steroid dienone is 12. The summed E-state index contributed by atoms with van der Waals surface area (Å²) in [6.07, 6.45) is 74.9. The molecule has 6 heteroatoms. The smallest absolute Gasteiger partial charge is 0.306 e. The minimum Gasteiger partial charge on any atom is -0.462 e. The number of ether oxygens (including phenoxy) is 3. The number of carbonyl (C=O) groups excluding carboxylic acids is 3. The summed E-state index contributed by atoms with van der Waals surface area (Å²) in [6, 6.07) is 0. The molecule has 0 N–H and O–H groups in total. The highest BCUT2D eigenvalue weighted by Gasteiger charge is 2.19. The van der Waals surface area contributed by atoms with Gasteiger partial charge in [-0.25, -0.2) is 0 Å². The first-order chi connectivity index (χ1) is 34.5. The second-order valence-electron chi connectivity index (χ2n) is 19.9. The van der Waals surface area contributed by atoms with E-state index < -0.39 is 6.10 Å². The van der Waals surface area contributed by atoms with Gasteiger partial charge in [0, 0.05) is 19.3 Å². The summed E-state index contributed by atoms with van der Waals surface area (Å²) < 4.78 is 16.8. The average Bonchev–Trinajstić information content (AvgIpc) is 3.36. The van der Waals surface area contributed by atoms with Crippen molar-refractivity contribution in [3.05, 3.63) is 72.9 Å². The maximum atomic E-state index is 12.8. The number of hydrogen-bond donors (Lipinski definition) is 0. The van der Waals surface area contributed by atoms with Crippen LogP contribution in [0.2, 0.25) is 0 Å². The fourth-order valence-corrected chi connectivity index (χ4v) is 8.47. The van der Waals surface area contributed by atoms with Gasteiger partial charge in [-0.05, 0) is 89.9 Å². The van der Waals surface area contributed by atoms with Gasteiger partial charge in [0.25, 0.3) is 0 Å². The Bertz CT molecular complexity index is 1310. The highest BCUT2D eigenvalue weighted by atomic mass is 16.6. The molecule has 70 heavy (non-hydrogen) atoms. The van der Waals surface area contributed by atoms with Crippen molar-refractivity contribution in [3.8, 4) is 0 Å². The molecule has 0 aliphatic rings. The zero-order valence-electron chi connectivity index (χ0n) is 46.3. The average molecular weight is 978 g/mol. The van der Waals surface area contributed by atoms with Crippen molar-refractivity contribution in [1.29, 1.82) is 0 Å². The highest BCUT2D eigenvalue weighted by molar-refractivity contribution is 5.71. The van der Waals surface area contributed by atoms with Crippen LogP contribution in [0.15, 0.2) is 72.9 Å². The van der Waals surface area contributed by atoms with E-state index in [9.17, 15) is 14.4 Å². The molecule has 0 aromatic rings. The second kappa shape index (κ2) is 58.4. The van der Waals surface area contributed by atoms with Crippen LogP contribution in [0.5, 0.6) is 0 Å². The van der Waals surface area contributed by atoms with Crippen LogP contribution in [0.1, 0.15) is 297 Å². The maximum Gasteiger partial charge on any atom is 0.306 e. The van der Waals surface area contributed by atoms with Gasteiger partial charge in [0.2, 0.25) is 0 Å². The maximum absolute atomic E-state index is 12.8. The van der Waals surface area contributed by atoms with Crippen LogP contribution in [0.4, 0.5) is 0 Å². The van der Waals surface area contributed by atoms with Crippen LogP contribution in [0, 0.1) is 0 Å². The van der Waals surface area contributed by atoms with Gasteiger partial charge in [0.1, 0.15) is 13.2 Å². The fourth-order valence-electron chi connectivity index (χ4n) is 8.47. The Kier molecular flexibility index (Phi) is 55.8. The fraction of sp³-hybridized carbons (Fsp3) is 0.766. The summed E-state index contributed by atoms with van der Waals surface area (Å²) in [5.74, 6) is -0.881. The monoisotopic (exact) mass is 977 g/mol. The second-order valence-corrected chi connectivity index (χ2v) is 19.9. The van der Waals surface area contributed by atoms with Crippen molar-refractivity contribution < 1.29 is 28.6 Å². The first kappa shape index (κ1) is 66.9. The molecule has 1 atom stereocenters. The van der Waals surface area contributed by atoms with Crippen molar-refractivity contribution >= 4 is 17.9 Å². The standard InChI is InChI=1S/C64H112O6/c1-4-7-10-13-16-18-20-22-24-26-28-29-30-31-32-33-34-35-36-38-39-41-43-45-48-51-54-57-63(66)69-60-61(59-68-62(65)56-53-50-47-15-12-9-6-3)70-64(67)58-55-52-49-46-44-42-40-37-27-25-23-21-19-17-14-11-8-5-2/h7,10,16,18-19,21-22,24-25,27-29,61H,4-6,8-9,11-15,17,20,23,26,30-60H2,1-3H3/b10-7-,18-16-,21-19-,24-22-,27-25-,29-28-. The lowest BCUT2D eigenvalue weighted by Gasteiger charge is -2.18. The van der Waals surface area contributed by atoms with E-state index >= 15 is 0 Å². The Morgan fingerprint density at radius 1 is 0.300 bits per heavy atom. The minimum atomic E-state index is -0.776. The van der Waals surface area contributed by atoms with E-state index in [1.54, 1.807) is 0 Å². The van der Waals surface area contributed by atoms with Crippen molar-refractivity contribution in [2.45, 2.75) is 303 Å². The molecule has 0 aliphatic carbocycles. The molecule has 0 fully saturated rings. The van der Waals surface area contributed by atoms with Gasteiger partial charge in [-0.1, -0.05) is 261 Å². The molecule has 0 saturated heterocycles. The first-order valence-electron chi connectivity index (χ1n) is 29.9. The number of rotatable bonds is 54. The van der Waals surface area contributed by atoms with Gasteiger partial charge < -0.3 is 14.2 Å². The predicted molar refractivity (Wildman–Crippen MR) is 302 cm³/mol. The summed E-state index contributed by atoms with van der Waals surface area (Å²) in [5.41, 5.74) is 0. The molecule has 0 aromatic carbocycles. The lowest BCUT2D eigenvalue weighted by molar-refractivity contribution is -0.167. The zero-order chi connectivity index (χ0) is 50.7. The van der Waals surface area contributed by atoms with Crippen LogP contribution in [-0.4, -0.2) is 37.2 Å². The molecule has 0 aliphatic heterocycles. The van der Waals surface area contributed by atoms with E-state index in [1.807, 2.05) is 0 Å². The van der Waals surface area contributed by atoms with Gasteiger partial charge in [-0.15, -0.1) is 0 Å². The Labute approximate surface area is 433 Å². The number of carbonyl (C=O) groups is 3. The van der Waals surface area contributed by atoms with Gasteiger partial charge in [0.05, 0.1) is 0 Å². The molecule has 1 unspecified atom stereocenters. The zero-order valence-corrected chi connectivity index (χ0v) is 46.3. The van der Waals surface area contributed by atoms with E-state index in [0.29, 0.717) is 19.3 Å². The molecule has 0 aromatic heterocycles. The Hall–Kier alpha value is -3.15. The summed E-state index contributed by atoms with van der Waals surface area (Å²) >= 11 is 0. The molecule has 0 saturated carbocycles. The molecule has 0 bridgehead atoms. The molecule has 0 rings (SSSR count).